The number of ether oxygens (including phenoxy) is 8. The zero-order valence-electron chi connectivity index (χ0n) is 77.3. The number of methoxy groups -OCH3 is 8. The van der Waals surface area contributed by atoms with Crippen LogP contribution in [0.1, 0.15) is 20.8 Å². The van der Waals surface area contributed by atoms with Gasteiger partial charge in [0.15, 0.2) is 23.1 Å². The molecule has 135 heavy (non-hydrogen) atoms. The van der Waals surface area contributed by atoms with Gasteiger partial charge in [-0.25, -0.2) is 34.3 Å². The van der Waals surface area contributed by atoms with E-state index in [9.17, 15) is 28.4 Å². The quantitative estimate of drug-likeness (QED) is 0.0533. The van der Waals surface area contributed by atoms with Gasteiger partial charge in [-0.15, -0.1) is 0 Å². The molecule has 0 spiro atoms. The molecule has 5 N–H and O–H groups in total. The van der Waals surface area contributed by atoms with E-state index in [0.29, 0.717) is 121 Å². The lowest BCUT2D eigenvalue weighted by atomic mass is 10.1. The Labute approximate surface area is 778 Å². The lowest BCUT2D eigenvalue weighted by Gasteiger charge is -2.33. The van der Waals surface area contributed by atoms with Crippen LogP contribution in [-0.4, -0.2) is 238 Å². The van der Waals surface area contributed by atoms with Gasteiger partial charge in [-0.1, -0.05) is 0 Å². The number of hydrogen-bond acceptors (Lipinski definition) is 29. The van der Waals surface area contributed by atoms with Crippen molar-refractivity contribution in [3.8, 4) is 102 Å². The Bertz CT molecular complexity index is 7090. The maximum Gasteiger partial charge on any atom is 0.258 e. The summed E-state index contributed by atoms with van der Waals surface area (Å²) < 4.78 is 64.0. The summed E-state index contributed by atoms with van der Waals surface area (Å²) in [6, 6.07) is 52.9. The van der Waals surface area contributed by atoms with Crippen molar-refractivity contribution < 1.29 is 42.3 Å². The van der Waals surface area contributed by atoms with Crippen LogP contribution in [0, 0.1) is 5.82 Å². The van der Waals surface area contributed by atoms with Crippen molar-refractivity contribution in [3.05, 3.63) is 271 Å². The first-order chi connectivity index (χ1) is 65.6. The van der Waals surface area contributed by atoms with Crippen molar-refractivity contribution in [1.82, 2.24) is 78.5 Å². The minimum Gasteiger partial charge on any atom is -0.497 e. The van der Waals surface area contributed by atoms with Gasteiger partial charge in [-0.05, 0) is 148 Å². The number of pyridine rings is 6. The number of nitrogens with zero attached hydrogens (tertiary/aromatic N) is 16. The summed E-state index contributed by atoms with van der Waals surface area (Å²) >= 11 is 0. The smallest absolute Gasteiger partial charge is 0.258 e. The van der Waals surface area contributed by atoms with E-state index in [1.807, 2.05) is 140 Å². The normalized spacial score (nSPS) is 16.1. The summed E-state index contributed by atoms with van der Waals surface area (Å²) in [6.45, 7) is 22.2. The van der Waals surface area contributed by atoms with E-state index in [-0.39, 0.29) is 33.5 Å². The van der Waals surface area contributed by atoms with E-state index in [0.717, 1.165) is 162 Å². The minimum atomic E-state index is -0.486. The zero-order valence-corrected chi connectivity index (χ0v) is 77.3. The third-order valence-electron chi connectivity index (χ3n) is 24.1. The standard InChI is InChI=1S/2C21H24N4O3.C20H21FN4O2.C20H22N4O3.C18H19N5O2/c1-14-12-24(9-8-22-14)15-4-7-20-23-18(11-21(26)25(20)13-15)17-6-5-16(27-2)10-19(17)28-3;1-14-12-24(9-8-22-14)16-5-7-20-23-17(11-21(26)25(20)13-16)15-4-6-18(27-2)19(10-15)28-3;1-13-11-24(8-7-22-13)15-4-6-19-23-17(10-20(26)25(19)12-15)14-3-5-18(27-2)16(21)9-14;1-26-15-4-5-16(18(11-15)27-2)17-12-20(25)24-13-14(3-6-19(24)22-17)23-9-7-21-8-10-23;1-25-17-5-2-13(11-20-17)15-10-18(24)23-12-14(3-4-16(23)21-15)22-8-6-19-7-9-22/h2*4-7,10-11,13-14,22H,8-9,12H2,1-3H3;3-6,9-10,12-13,22H,7-8,11H2,1-2H3;3-6,11-13,21H,7-10H2,1-2H3;2-5,10-12,19H,6-9H2,1H3/t2*14-;13-;;/m000../s1. The molecule has 0 amide bonds. The third-order valence-corrected chi connectivity index (χ3v) is 24.1. The van der Waals surface area contributed by atoms with E-state index in [1.54, 1.807) is 116 Å². The minimum absolute atomic E-state index is 0.104. The van der Waals surface area contributed by atoms with Gasteiger partial charge < -0.3 is 89.0 Å². The maximum atomic E-state index is 14.0. The first-order valence-corrected chi connectivity index (χ1v) is 44.7. The molecule has 700 valence electrons. The number of anilines is 5. The molecule has 0 bridgehead atoms. The Morgan fingerprint density at radius 1 is 0.296 bits per heavy atom. The van der Waals surface area contributed by atoms with Crippen molar-refractivity contribution in [1.29, 1.82) is 0 Å². The lowest BCUT2D eigenvalue weighted by Crippen LogP contribution is -2.49. The average Bonchev–Trinajstić information content (AvgIpc) is 0.792. The topological polar surface area (TPSA) is 335 Å². The van der Waals surface area contributed by atoms with Crippen molar-refractivity contribution in [2.24, 2.45) is 0 Å². The first-order valence-electron chi connectivity index (χ1n) is 44.7. The molecule has 0 radical (unpaired) electrons. The highest BCUT2D eigenvalue weighted by Crippen LogP contribution is 2.37. The van der Waals surface area contributed by atoms with Crippen LogP contribution in [0.2, 0.25) is 0 Å². The first kappa shape index (κ1) is 93.2. The highest BCUT2D eigenvalue weighted by atomic mass is 19.1. The van der Waals surface area contributed by atoms with Crippen LogP contribution < -0.4 is 117 Å². The van der Waals surface area contributed by atoms with Crippen molar-refractivity contribution in [2.45, 2.75) is 38.9 Å². The second-order valence-corrected chi connectivity index (χ2v) is 33.0. The number of nitrogens with one attached hydrogen (secondary N) is 5. The number of hydrogen-bond donors (Lipinski definition) is 5. The molecule has 0 unspecified atom stereocenters. The second-order valence-electron chi connectivity index (χ2n) is 33.0. The van der Waals surface area contributed by atoms with Crippen molar-refractivity contribution >= 4 is 56.7 Å². The Balaban J connectivity index is 0.000000123. The predicted molar refractivity (Wildman–Crippen MR) is 524 cm³/mol. The summed E-state index contributed by atoms with van der Waals surface area (Å²) in [4.78, 5) is 102. The van der Waals surface area contributed by atoms with Gasteiger partial charge >= 0.3 is 0 Å². The summed E-state index contributed by atoms with van der Waals surface area (Å²) in [5, 5.41) is 16.9. The van der Waals surface area contributed by atoms with Crippen molar-refractivity contribution in [3.63, 3.8) is 0 Å². The summed E-state index contributed by atoms with van der Waals surface area (Å²) in [5.74, 6) is 4.05. The van der Waals surface area contributed by atoms with Gasteiger partial charge in [0.2, 0.25) is 5.88 Å². The number of piperazine rings is 5. The molecule has 16 heterocycles. The van der Waals surface area contributed by atoms with Gasteiger partial charge in [0.05, 0.1) is 114 Å². The Morgan fingerprint density at radius 3 is 0.941 bits per heavy atom. The molecule has 5 saturated heterocycles. The fourth-order valence-corrected chi connectivity index (χ4v) is 17.0. The van der Waals surface area contributed by atoms with Gasteiger partial charge in [0.25, 0.3) is 27.8 Å². The van der Waals surface area contributed by atoms with Crippen LogP contribution in [0.15, 0.2) is 237 Å². The monoisotopic (exact) mass is 1830 g/mol. The fourth-order valence-electron chi connectivity index (χ4n) is 17.0. The van der Waals surface area contributed by atoms with Crippen molar-refractivity contribution in [2.75, 3.05) is 193 Å². The van der Waals surface area contributed by atoms with Crippen LogP contribution in [0.3, 0.4) is 0 Å². The third kappa shape index (κ3) is 21.7. The Morgan fingerprint density at radius 2 is 0.615 bits per heavy atom. The molecule has 11 aromatic heterocycles. The van der Waals surface area contributed by atoms with Crippen LogP contribution in [-0.2, 0) is 0 Å². The van der Waals surface area contributed by atoms with Crippen LogP contribution in [0.4, 0.5) is 32.8 Å². The Hall–Kier alpha value is -15.0. The highest BCUT2D eigenvalue weighted by Gasteiger charge is 2.24. The molecule has 0 saturated carbocycles. The molecular weight excluding hydrogens is 1720 g/mol. The number of halogens is 1. The van der Waals surface area contributed by atoms with E-state index in [2.05, 4.69) is 102 Å². The molecular formula is C100H110FN21O13. The summed E-state index contributed by atoms with van der Waals surface area (Å²) in [7, 11) is 12.5. The van der Waals surface area contributed by atoms with Crippen LogP contribution in [0.5, 0.6) is 46.1 Å². The molecule has 0 aliphatic carbocycles. The SMILES string of the molecule is COc1ccc(-c2cc(=O)n3cc(N4CCNCC4)ccc3n2)c(OC)c1.COc1ccc(-c2cc(=O)n3cc(N4CCNCC4)ccc3n2)cn1.COc1ccc(-c2cc(=O)n3cc(N4CCN[C@@H](C)C4)ccc3n2)c(OC)c1.COc1ccc(-c2cc(=O)n3cc(N4CCN[C@@H](C)C4)ccc3n2)cc1F.COc1ccc(-c2cc(=O)n3cc(N4CCN[C@@H](C)C4)ccc3n2)cc1OC. The maximum absolute atomic E-state index is 14.0. The van der Waals surface area contributed by atoms with Gasteiger partial charge in [0, 0.05) is 243 Å². The molecule has 5 fully saturated rings. The molecule has 3 atom stereocenters. The molecule has 4 aromatic carbocycles. The van der Waals surface area contributed by atoms with Crippen LogP contribution in [0.25, 0.3) is 84.5 Å². The molecule has 5 aliphatic rings. The van der Waals surface area contributed by atoms with Crippen LogP contribution >= 0.6 is 0 Å². The zero-order chi connectivity index (χ0) is 94.3. The number of benzene rings is 4. The molecule has 15 aromatic rings. The van der Waals surface area contributed by atoms with E-state index < -0.39 is 5.82 Å². The van der Waals surface area contributed by atoms with E-state index in [4.69, 9.17) is 37.9 Å². The number of rotatable bonds is 18. The summed E-state index contributed by atoms with van der Waals surface area (Å²) in [6.07, 6.45) is 11.0. The van der Waals surface area contributed by atoms with Gasteiger partial charge in [-0.2, -0.15) is 0 Å². The average molecular weight is 1830 g/mol. The molecule has 35 heteroatoms. The van der Waals surface area contributed by atoms with E-state index in [1.165, 1.54) is 35.8 Å². The number of fused-ring (bicyclic) bond motifs is 5. The largest absolute Gasteiger partial charge is 0.497 e. The van der Waals surface area contributed by atoms with E-state index >= 15 is 0 Å². The molecule has 5 aliphatic heterocycles. The predicted octanol–water partition coefficient (Wildman–Crippen LogP) is 9.62. The summed E-state index contributed by atoms with van der Waals surface area (Å²) in [5.41, 5.74) is 13.9. The van der Waals surface area contributed by atoms with Gasteiger partial charge in [-0.3, -0.25) is 46.0 Å². The molecule has 34 nitrogen and oxygen atoms in total. The Kier molecular flexibility index (Phi) is 29.5. The molecule has 20 rings (SSSR count). The van der Waals surface area contributed by atoms with Gasteiger partial charge in [0.1, 0.15) is 51.2 Å². The highest BCUT2D eigenvalue weighted by molar-refractivity contribution is 5.73. The second kappa shape index (κ2) is 42.7. The lowest BCUT2D eigenvalue weighted by molar-refractivity contribution is 0.355. The number of aromatic nitrogens is 11. The fraction of sp³-hybridized carbons (Fsp3) is 0.310.